The van der Waals surface area contributed by atoms with Crippen LogP contribution in [0.15, 0.2) is 17.2 Å². The van der Waals surface area contributed by atoms with Crippen molar-refractivity contribution in [3.63, 3.8) is 0 Å². The number of nitrogens with zero attached hydrogens (tertiary/aromatic N) is 2. The van der Waals surface area contributed by atoms with E-state index in [0.717, 1.165) is 0 Å². The van der Waals surface area contributed by atoms with Gasteiger partial charge in [0.25, 0.3) is 11.5 Å². The van der Waals surface area contributed by atoms with Crippen molar-refractivity contribution in [2.24, 2.45) is 5.73 Å². The quantitative estimate of drug-likeness (QED) is 0.583. The SMILES string of the molecule is NC(=O)c1nccn([C@@H]2CO[C@H](CO)[C@@H](O)C2)c1=O. The zero-order chi connectivity index (χ0) is 14.0. The summed E-state index contributed by atoms with van der Waals surface area (Å²) in [5.74, 6) is -0.898. The number of ether oxygens (including phenoxy) is 1. The molecule has 0 radical (unpaired) electrons. The van der Waals surface area contributed by atoms with Crippen LogP contribution in [0.4, 0.5) is 0 Å². The molecule has 19 heavy (non-hydrogen) atoms. The average molecular weight is 269 g/mol. The van der Waals surface area contributed by atoms with Crippen molar-refractivity contribution in [3.8, 4) is 0 Å². The molecule has 0 unspecified atom stereocenters. The highest BCUT2D eigenvalue weighted by Crippen LogP contribution is 2.22. The van der Waals surface area contributed by atoms with Gasteiger partial charge in [-0.05, 0) is 6.42 Å². The first-order valence-corrected chi connectivity index (χ1v) is 5.82. The maximum Gasteiger partial charge on any atom is 0.282 e. The predicted molar refractivity (Wildman–Crippen MR) is 63.5 cm³/mol. The van der Waals surface area contributed by atoms with E-state index in [-0.39, 0.29) is 25.3 Å². The van der Waals surface area contributed by atoms with Gasteiger partial charge in [0.05, 0.1) is 25.4 Å². The minimum atomic E-state index is -0.898. The second kappa shape index (κ2) is 5.47. The summed E-state index contributed by atoms with van der Waals surface area (Å²) >= 11 is 0. The van der Waals surface area contributed by atoms with E-state index in [9.17, 15) is 14.7 Å². The lowest BCUT2D eigenvalue weighted by molar-refractivity contribution is -0.113. The van der Waals surface area contributed by atoms with Gasteiger partial charge in [0.2, 0.25) is 0 Å². The molecule has 0 bridgehead atoms. The molecule has 1 saturated heterocycles. The largest absolute Gasteiger partial charge is 0.394 e. The molecule has 1 amide bonds. The first kappa shape index (κ1) is 13.7. The van der Waals surface area contributed by atoms with E-state index in [4.69, 9.17) is 15.6 Å². The lowest BCUT2D eigenvalue weighted by Crippen LogP contribution is -2.44. The van der Waals surface area contributed by atoms with Crippen LogP contribution in [0.1, 0.15) is 23.0 Å². The van der Waals surface area contributed by atoms with Gasteiger partial charge < -0.3 is 25.3 Å². The van der Waals surface area contributed by atoms with Gasteiger partial charge >= 0.3 is 0 Å². The van der Waals surface area contributed by atoms with Crippen LogP contribution in [-0.2, 0) is 4.74 Å². The van der Waals surface area contributed by atoms with Gasteiger partial charge in [0.1, 0.15) is 6.10 Å². The fraction of sp³-hybridized carbons (Fsp3) is 0.545. The summed E-state index contributed by atoms with van der Waals surface area (Å²) < 4.78 is 6.53. The first-order valence-electron chi connectivity index (χ1n) is 5.82. The number of nitrogens with two attached hydrogens (primary N) is 1. The average Bonchev–Trinajstić information content (AvgIpc) is 2.38. The molecule has 2 heterocycles. The van der Waals surface area contributed by atoms with Gasteiger partial charge in [-0.2, -0.15) is 0 Å². The fourth-order valence-corrected chi connectivity index (χ4v) is 2.09. The smallest absolute Gasteiger partial charge is 0.282 e. The second-order valence-corrected chi connectivity index (χ2v) is 4.36. The number of carbonyl (C=O) groups excluding carboxylic acids is 1. The molecule has 0 saturated carbocycles. The molecule has 2 rings (SSSR count). The van der Waals surface area contributed by atoms with E-state index < -0.39 is 29.7 Å². The van der Waals surface area contributed by atoms with Crippen molar-refractivity contribution >= 4 is 5.91 Å². The Kier molecular flexibility index (Phi) is 3.93. The van der Waals surface area contributed by atoms with Crippen molar-refractivity contribution in [3.05, 3.63) is 28.4 Å². The van der Waals surface area contributed by atoms with Crippen molar-refractivity contribution < 1.29 is 19.7 Å². The Morgan fingerprint density at radius 1 is 1.63 bits per heavy atom. The third kappa shape index (κ3) is 2.65. The number of aliphatic hydroxyl groups excluding tert-OH is 2. The van der Waals surface area contributed by atoms with Gasteiger partial charge in [-0.15, -0.1) is 0 Å². The highest BCUT2D eigenvalue weighted by Gasteiger charge is 2.31. The highest BCUT2D eigenvalue weighted by atomic mass is 16.5. The van der Waals surface area contributed by atoms with Crippen LogP contribution >= 0.6 is 0 Å². The molecule has 4 N–H and O–H groups in total. The lowest BCUT2D eigenvalue weighted by Gasteiger charge is -2.33. The number of carbonyl (C=O) groups is 1. The van der Waals surface area contributed by atoms with Crippen LogP contribution in [0.25, 0.3) is 0 Å². The van der Waals surface area contributed by atoms with Crippen LogP contribution in [0.3, 0.4) is 0 Å². The van der Waals surface area contributed by atoms with Crippen molar-refractivity contribution in [2.75, 3.05) is 13.2 Å². The minimum absolute atomic E-state index is 0.157. The summed E-state index contributed by atoms with van der Waals surface area (Å²) in [6.45, 7) is -0.129. The number of primary amides is 1. The number of aliphatic hydroxyl groups is 2. The molecule has 3 atom stereocenters. The normalized spacial score (nSPS) is 27.2. The standard InChI is InChI=1S/C11H15N3O5/c12-10(17)9-11(18)14(2-1-13-9)6-3-7(16)8(4-15)19-5-6/h1-2,6-8,15-16H,3-5H2,(H2,12,17)/t6-,7-,8+/m0/s1. The monoisotopic (exact) mass is 269 g/mol. The number of amides is 1. The first-order chi connectivity index (χ1) is 9.04. The third-order valence-corrected chi connectivity index (χ3v) is 3.12. The van der Waals surface area contributed by atoms with Crippen molar-refractivity contribution in [1.82, 2.24) is 9.55 Å². The molecule has 1 aromatic rings. The molecule has 1 aliphatic heterocycles. The van der Waals surface area contributed by atoms with E-state index in [1.807, 2.05) is 0 Å². The summed E-state index contributed by atoms with van der Waals surface area (Å²) in [5, 5.41) is 18.7. The van der Waals surface area contributed by atoms with Crippen LogP contribution < -0.4 is 11.3 Å². The minimum Gasteiger partial charge on any atom is -0.394 e. The second-order valence-electron chi connectivity index (χ2n) is 4.36. The summed E-state index contributed by atoms with van der Waals surface area (Å²) in [6, 6.07) is -0.425. The molecule has 1 fully saturated rings. The number of aromatic nitrogens is 2. The van der Waals surface area contributed by atoms with E-state index in [1.54, 1.807) is 0 Å². The number of hydrogen-bond donors (Lipinski definition) is 3. The van der Waals surface area contributed by atoms with E-state index in [1.165, 1.54) is 17.0 Å². The lowest BCUT2D eigenvalue weighted by atomic mass is 10.0. The van der Waals surface area contributed by atoms with Gasteiger partial charge in [0.15, 0.2) is 5.69 Å². The Morgan fingerprint density at radius 3 is 2.95 bits per heavy atom. The van der Waals surface area contributed by atoms with Crippen LogP contribution in [-0.4, -0.2) is 51.1 Å². The van der Waals surface area contributed by atoms with E-state index in [2.05, 4.69) is 4.98 Å². The molecule has 8 heteroatoms. The molecular weight excluding hydrogens is 254 g/mol. The molecule has 0 spiro atoms. The predicted octanol–water partition coefficient (Wildman–Crippen LogP) is -1.97. The van der Waals surface area contributed by atoms with Gasteiger partial charge in [-0.25, -0.2) is 4.98 Å². The third-order valence-electron chi connectivity index (χ3n) is 3.12. The van der Waals surface area contributed by atoms with Gasteiger partial charge in [-0.3, -0.25) is 9.59 Å². The molecule has 1 aromatic heterocycles. The molecule has 0 aliphatic carbocycles. The number of hydrogen-bond acceptors (Lipinski definition) is 6. The molecule has 1 aliphatic rings. The topological polar surface area (TPSA) is 128 Å². The summed E-state index contributed by atoms with van der Waals surface area (Å²) in [4.78, 5) is 26.7. The zero-order valence-corrected chi connectivity index (χ0v) is 10.1. The summed E-state index contributed by atoms with van der Waals surface area (Å²) in [7, 11) is 0. The van der Waals surface area contributed by atoms with Crippen LogP contribution in [0, 0.1) is 0 Å². The van der Waals surface area contributed by atoms with Crippen LogP contribution in [0.5, 0.6) is 0 Å². The van der Waals surface area contributed by atoms with E-state index in [0.29, 0.717) is 0 Å². The Morgan fingerprint density at radius 2 is 2.37 bits per heavy atom. The Labute approximate surface area is 108 Å². The molecular formula is C11H15N3O5. The van der Waals surface area contributed by atoms with Gasteiger partial charge in [-0.1, -0.05) is 0 Å². The maximum atomic E-state index is 12.0. The molecule has 104 valence electrons. The molecule has 0 aromatic carbocycles. The Hall–Kier alpha value is -1.77. The summed E-state index contributed by atoms with van der Waals surface area (Å²) in [6.07, 6.45) is 1.43. The Balaban J connectivity index is 2.27. The maximum absolute atomic E-state index is 12.0. The zero-order valence-electron chi connectivity index (χ0n) is 10.1. The van der Waals surface area contributed by atoms with Gasteiger partial charge in [0, 0.05) is 12.4 Å². The Bertz CT molecular complexity index is 529. The fourth-order valence-electron chi connectivity index (χ4n) is 2.09. The molecule has 8 nitrogen and oxygen atoms in total. The van der Waals surface area contributed by atoms with Crippen LogP contribution in [0.2, 0.25) is 0 Å². The van der Waals surface area contributed by atoms with E-state index >= 15 is 0 Å². The summed E-state index contributed by atoms with van der Waals surface area (Å²) in [5.41, 5.74) is 4.10. The van der Waals surface area contributed by atoms with Crippen molar-refractivity contribution in [1.29, 1.82) is 0 Å². The number of rotatable bonds is 3. The highest BCUT2D eigenvalue weighted by molar-refractivity contribution is 5.90. The van der Waals surface area contributed by atoms with Crippen molar-refractivity contribution in [2.45, 2.75) is 24.7 Å².